The molecule has 0 aliphatic rings. The molecule has 0 unspecified atom stereocenters. The summed E-state index contributed by atoms with van der Waals surface area (Å²) in [5.41, 5.74) is 9.74. The van der Waals surface area contributed by atoms with Gasteiger partial charge in [0.05, 0.1) is 17.2 Å². The Kier molecular flexibility index (Phi) is 6.66. The van der Waals surface area contributed by atoms with Gasteiger partial charge in [0.25, 0.3) is 5.91 Å². The maximum absolute atomic E-state index is 13.0. The standard InChI is InChI=1S/C24H25ClN6O/c1-2-3-4-7-13-27-24(32)20-21-23(30-19-12-6-5-11-18(19)29-21)31(22(20)26)28-15-16-9-8-10-17(25)14-16/h5-6,8-12,14-15H,2-4,7,13,26H2,1H3,(H,27,32)/b28-15+. The van der Waals surface area contributed by atoms with Gasteiger partial charge < -0.3 is 11.1 Å². The predicted molar refractivity (Wildman–Crippen MR) is 130 cm³/mol. The lowest BCUT2D eigenvalue weighted by atomic mass is 10.2. The summed E-state index contributed by atoms with van der Waals surface area (Å²) in [6, 6.07) is 14.8. The van der Waals surface area contributed by atoms with Gasteiger partial charge in [-0.1, -0.05) is 62.1 Å². The molecule has 32 heavy (non-hydrogen) atoms. The van der Waals surface area contributed by atoms with Crippen molar-refractivity contribution in [3.05, 3.63) is 64.7 Å². The molecule has 0 radical (unpaired) electrons. The van der Waals surface area contributed by atoms with Gasteiger partial charge >= 0.3 is 0 Å². The molecule has 0 saturated heterocycles. The van der Waals surface area contributed by atoms with Crippen LogP contribution in [0.25, 0.3) is 22.2 Å². The Bertz CT molecular complexity index is 1300. The molecule has 2 aromatic heterocycles. The molecule has 7 nitrogen and oxygen atoms in total. The summed E-state index contributed by atoms with van der Waals surface area (Å²) < 4.78 is 1.46. The summed E-state index contributed by atoms with van der Waals surface area (Å²) >= 11 is 6.08. The zero-order valence-corrected chi connectivity index (χ0v) is 18.6. The third-order valence-electron chi connectivity index (χ3n) is 5.19. The van der Waals surface area contributed by atoms with E-state index in [-0.39, 0.29) is 17.3 Å². The number of para-hydroxylation sites is 2. The second-order valence-corrected chi connectivity index (χ2v) is 8.01. The van der Waals surface area contributed by atoms with Gasteiger partial charge in [0.1, 0.15) is 16.9 Å². The zero-order valence-electron chi connectivity index (χ0n) is 17.9. The lowest BCUT2D eigenvalue weighted by Crippen LogP contribution is -2.25. The number of amides is 1. The highest BCUT2D eigenvalue weighted by atomic mass is 35.5. The number of rotatable bonds is 8. The van der Waals surface area contributed by atoms with Crippen molar-refractivity contribution in [3.8, 4) is 0 Å². The van der Waals surface area contributed by atoms with Crippen LogP contribution in [0.3, 0.4) is 0 Å². The third-order valence-corrected chi connectivity index (χ3v) is 5.42. The van der Waals surface area contributed by atoms with Gasteiger partial charge in [-0.2, -0.15) is 9.78 Å². The molecule has 1 amide bonds. The molecule has 0 fully saturated rings. The number of nitrogens with two attached hydrogens (primary N) is 1. The number of hydrogen-bond acceptors (Lipinski definition) is 5. The van der Waals surface area contributed by atoms with Crippen LogP contribution in [0.4, 0.5) is 5.82 Å². The molecule has 2 heterocycles. The van der Waals surface area contributed by atoms with Gasteiger partial charge in [-0.25, -0.2) is 9.97 Å². The molecular formula is C24H25ClN6O. The summed E-state index contributed by atoms with van der Waals surface area (Å²) in [6.45, 7) is 2.73. The van der Waals surface area contributed by atoms with Gasteiger partial charge in [0.2, 0.25) is 0 Å². The van der Waals surface area contributed by atoms with Gasteiger partial charge in [0.15, 0.2) is 5.65 Å². The molecule has 0 bridgehead atoms. The first-order valence-corrected chi connectivity index (χ1v) is 11.1. The van der Waals surface area contributed by atoms with Crippen LogP contribution in [0.1, 0.15) is 48.5 Å². The van der Waals surface area contributed by atoms with Gasteiger partial charge in [-0.3, -0.25) is 4.79 Å². The molecule has 0 saturated carbocycles. The summed E-state index contributed by atoms with van der Waals surface area (Å²) in [7, 11) is 0. The normalized spacial score (nSPS) is 11.6. The lowest BCUT2D eigenvalue weighted by molar-refractivity contribution is 0.0955. The number of hydrogen-bond donors (Lipinski definition) is 2. The van der Waals surface area contributed by atoms with Crippen molar-refractivity contribution in [3.63, 3.8) is 0 Å². The molecule has 0 atom stereocenters. The number of aromatic nitrogens is 3. The fourth-order valence-electron chi connectivity index (χ4n) is 3.54. The maximum atomic E-state index is 13.0. The Labute approximate surface area is 191 Å². The van der Waals surface area contributed by atoms with Crippen molar-refractivity contribution in [1.82, 2.24) is 20.0 Å². The van der Waals surface area contributed by atoms with Crippen LogP contribution >= 0.6 is 11.6 Å². The van der Waals surface area contributed by atoms with Crippen LogP contribution in [0.5, 0.6) is 0 Å². The Morgan fingerprint density at radius 2 is 1.91 bits per heavy atom. The maximum Gasteiger partial charge on any atom is 0.257 e. The number of carbonyl (C=O) groups excluding carboxylic acids is 1. The van der Waals surface area contributed by atoms with E-state index in [1.165, 1.54) is 4.68 Å². The van der Waals surface area contributed by atoms with Crippen LogP contribution in [0.2, 0.25) is 5.02 Å². The van der Waals surface area contributed by atoms with Crippen molar-refractivity contribution >= 4 is 51.7 Å². The first-order valence-electron chi connectivity index (χ1n) is 10.7. The molecule has 4 rings (SSSR count). The summed E-state index contributed by atoms with van der Waals surface area (Å²) in [5.74, 6) is -0.0788. The van der Waals surface area contributed by atoms with E-state index in [0.29, 0.717) is 33.8 Å². The SMILES string of the molecule is CCCCCCNC(=O)c1c(N)n(/N=C/c2cccc(Cl)c2)c2nc3ccccc3nc12. The average Bonchev–Trinajstić information content (AvgIpc) is 3.06. The molecule has 2 aromatic carbocycles. The van der Waals surface area contributed by atoms with Crippen molar-refractivity contribution in [1.29, 1.82) is 0 Å². The first-order chi connectivity index (χ1) is 15.6. The van der Waals surface area contributed by atoms with Crippen LogP contribution in [-0.2, 0) is 0 Å². The minimum absolute atomic E-state index is 0.194. The van der Waals surface area contributed by atoms with Crippen molar-refractivity contribution in [2.24, 2.45) is 5.10 Å². The topological polar surface area (TPSA) is 98.2 Å². The predicted octanol–water partition coefficient (Wildman–Crippen LogP) is 5.01. The molecular weight excluding hydrogens is 424 g/mol. The zero-order chi connectivity index (χ0) is 22.5. The fraction of sp³-hybridized carbons (Fsp3) is 0.250. The molecule has 8 heteroatoms. The van der Waals surface area contributed by atoms with E-state index in [2.05, 4.69) is 22.3 Å². The van der Waals surface area contributed by atoms with Gasteiger partial charge in [0, 0.05) is 11.6 Å². The molecule has 0 aliphatic heterocycles. The highest BCUT2D eigenvalue weighted by Crippen LogP contribution is 2.28. The Hall–Kier alpha value is -3.45. The fourth-order valence-corrected chi connectivity index (χ4v) is 3.74. The molecule has 164 valence electrons. The van der Waals surface area contributed by atoms with Gasteiger partial charge in [-0.05, 0) is 36.2 Å². The third kappa shape index (κ3) is 4.57. The Morgan fingerprint density at radius 1 is 1.12 bits per heavy atom. The Balaban J connectivity index is 1.76. The highest BCUT2D eigenvalue weighted by molar-refractivity contribution is 6.30. The van der Waals surface area contributed by atoms with Crippen molar-refractivity contribution < 1.29 is 4.79 Å². The second-order valence-electron chi connectivity index (χ2n) is 7.57. The van der Waals surface area contributed by atoms with E-state index in [1.54, 1.807) is 18.3 Å². The number of nitrogen functional groups attached to an aromatic ring is 1. The number of anilines is 1. The van der Waals surface area contributed by atoms with E-state index < -0.39 is 0 Å². The van der Waals surface area contributed by atoms with E-state index in [9.17, 15) is 4.79 Å². The average molecular weight is 449 g/mol. The van der Waals surface area contributed by atoms with Crippen LogP contribution in [0, 0.1) is 0 Å². The summed E-state index contributed by atoms with van der Waals surface area (Å²) in [4.78, 5) is 22.4. The monoisotopic (exact) mass is 448 g/mol. The Morgan fingerprint density at radius 3 is 2.66 bits per heavy atom. The number of carbonyl (C=O) groups is 1. The minimum atomic E-state index is -0.273. The number of halogens is 1. The number of unbranched alkanes of at least 4 members (excludes halogenated alkanes) is 3. The largest absolute Gasteiger partial charge is 0.383 e. The highest BCUT2D eigenvalue weighted by Gasteiger charge is 2.23. The van der Waals surface area contributed by atoms with Gasteiger partial charge in [-0.15, -0.1) is 0 Å². The van der Waals surface area contributed by atoms with Crippen molar-refractivity contribution in [2.45, 2.75) is 32.6 Å². The quantitative estimate of drug-likeness (QED) is 0.292. The second kappa shape index (κ2) is 9.78. The smallest absolute Gasteiger partial charge is 0.257 e. The van der Waals surface area contributed by atoms with E-state index in [0.717, 1.165) is 31.2 Å². The van der Waals surface area contributed by atoms with E-state index >= 15 is 0 Å². The number of fused-ring (bicyclic) bond motifs is 2. The van der Waals surface area contributed by atoms with E-state index in [1.807, 2.05) is 36.4 Å². The van der Waals surface area contributed by atoms with Crippen LogP contribution in [0.15, 0.2) is 53.6 Å². The summed E-state index contributed by atoms with van der Waals surface area (Å²) in [6.07, 6.45) is 5.90. The van der Waals surface area contributed by atoms with Crippen molar-refractivity contribution in [2.75, 3.05) is 12.3 Å². The summed E-state index contributed by atoms with van der Waals surface area (Å²) in [5, 5.41) is 8.07. The molecule has 0 aliphatic carbocycles. The van der Waals surface area contributed by atoms with E-state index in [4.69, 9.17) is 22.3 Å². The van der Waals surface area contributed by atoms with Crippen LogP contribution < -0.4 is 11.1 Å². The molecule has 3 N–H and O–H groups in total. The minimum Gasteiger partial charge on any atom is -0.383 e. The molecule has 4 aromatic rings. The molecule has 0 spiro atoms. The lowest BCUT2D eigenvalue weighted by Gasteiger charge is -2.05. The first kappa shape index (κ1) is 21.8. The number of nitrogens with one attached hydrogen (secondary N) is 1. The number of benzene rings is 2. The number of nitrogens with zero attached hydrogens (tertiary/aromatic N) is 4. The van der Waals surface area contributed by atoms with Crippen LogP contribution in [-0.4, -0.2) is 33.3 Å².